The van der Waals surface area contributed by atoms with Crippen LogP contribution < -0.4 is 10.7 Å². The summed E-state index contributed by atoms with van der Waals surface area (Å²) in [5.41, 5.74) is 1.92. The second kappa shape index (κ2) is 6.48. The average Bonchev–Trinajstić information content (AvgIpc) is 2.64. The number of hydrogen-bond donors (Lipinski definition) is 1. The van der Waals surface area contributed by atoms with Crippen LogP contribution in [-0.4, -0.2) is 15.6 Å². The Morgan fingerprint density at radius 2 is 1.83 bits per heavy atom. The highest BCUT2D eigenvalue weighted by atomic mass is 16.1. The first-order valence-electron chi connectivity index (χ1n) is 8.65. The summed E-state index contributed by atoms with van der Waals surface area (Å²) >= 11 is 0. The standard InChI is InChI=1S/C20H21N3O/c24-19-13-20(22-15-7-3-1-4-8-15)23(16-9-5-2-6-10-16)18-14-21-12-11-17(18)19/h2,5-6,9-15,22H,1,3-4,7-8H2. The Balaban J connectivity index is 1.89. The Hall–Kier alpha value is -2.62. The van der Waals surface area contributed by atoms with Gasteiger partial charge in [0.25, 0.3) is 0 Å². The zero-order valence-electron chi connectivity index (χ0n) is 13.6. The van der Waals surface area contributed by atoms with Gasteiger partial charge in [0.15, 0.2) is 5.43 Å². The number of rotatable bonds is 3. The molecule has 1 aliphatic rings. The van der Waals surface area contributed by atoms with Gasteiger partial charge in [0, 0.05) is 29.4 Å². The van der Waals surface area contributed by atoms with Gasteiger partial charge in [0.05, 0.1) is 11.7 Å². The van der Waals surface area contributed by atoms with Gasteiger partial charge >= 0.3 is 0 Å². The number of benzene rings is 1. The van der Waals surface area contributed by atoms with Crippen molar-refractivity contribution in [3.05, 3.63) is 65.1 Å². The number of anilines is 1. The lowest BCUT2D eigenvalue weighted by molar-refractivity contribution is 0.461. The van der Waals surface area contributed by atoms with Gasteiger partial charge in [-0.05, 0) is 31.0 Å². The van der Waals surface area contributed by atoms with Crippen molar-refractivity contribution in [2.75, 3.05) is 5.32 Å². The lowest BCUT2D eigenvalue weighted by Crippen LogP contribution is -2.25. The van der Waals surface area contributed by atoms with E-state index in [0.717, 1.165) is 29.9 Å². The number of nitrogens with zero attached hydrogens (tertiary/aromatic N) is 2. The molecule has 0 aliphatic heterocycles. The predicted octanol–water partition coefficient (Wildman–Crippen LogP) is 4.13. The summed E-state index contributed by atoms with van der Waals surface area (Å²) in [6, 6.07) is 14.1. The van der Waals surface area contributed by atoms with Gasteiger partial charge in [-0.2, -0.15) is 0 Å². The van der Waals surface area contributed by atoms with Crippen LogP contribution in [0.3, 0.4) is 0 Å². The van der Waals surface area contributed by atoms with E-state index in [0.29, 0.717) is 11.4 Å². The van der Waals surface area contributed by atoms with Crippen LogP contribution in [0.15, 0.2) is 59.7 Å². The molecule has 2 aromatic heterocycles. The molecule has 2 heterocycles. The van der Waals surface area contributed by atoms with Crippen LogP contribution in [0.2, 0.25) is 0 Å². The molecule has 1 fully saturated rings. The molecule has 1 saturated carbocycles. The largest absolute Gasteiger partial charge is 0.368 e. The Labute approximate surface area is 141 Å². The first kappa shape index (κ1) is 14.9. The fourth-order valence-electron chi connectivity index (χ4n) is 3.59. The van der Waals surface area contributed by atoms with Crippen molar-refractivity contribution in [2.45, 2.75) is 38.1 Å². The number of aromatic nitrogens is 2. The highest BCUT2D eigenvalue weighted by molar-refractivity contribution is 5.82. The van der Waals surface area contributed by atoms with Crippen molar-refractivity contribution >= 4 is 16.7 Å². The molecular formula is C20H21N3O. The molecule has 0 saturated heterocycles. The van der Waals surface area contributed by atoms with Crippen molar-refractivity contribution in [3.8, 4) is 5.69 Å². The summed E-state index contributed by atoms with van der Waals surface area (Å²) in [5.74, 6) is 0.860. The van der Waals surface area contributed by atoms with E-state index in [1.807, 2.05) is 18.2 Å². The van der Waals surface area contributed by atoms with Crippen LogP contribution in [0, 0.1) is 0 Å². The Morgan fingerprint density at radius 1 is 1.04 bits per heavy atom. The van der Waals surface area contributed by atoms with Crippen LogP contribution in [-0.2, 0) is 0 Å². The van der Waals surface area contributed by atoms with Crippen LogP contribution >= 0.6 is 0 Å². The Kier molecular flexibility index (Phi) is 4.03. The van der Waals surface area contributed by atoms with E-state index < -0.39 is 0 Å². The second-order valence-corrected chi connectivity index (χ2v) is 6.44. The average molecular weight is 319 g/mol. The zero-order chi connectivity index (χ0) is 16.4. The number of nitrogens with one attached hydrogen (secondary N) is 1. The smallest absolute Gasteiger partial charge is 0.191 e. The quantitative estimate of drug-likeness (QED) is 0.789. The van der Waals surface area contributed by atoms with Gasteiger partial charge in [-0.1, -0.05) is 37.5 Å². The third kappa shape index (κ3) is 2.80. The van der Waals surface area contributed by atoms with Gasteiger partial charge in [-0.15, -0.1) is 0 Å². The van der Waals surface area contributed by atoms with Gasteiger partial charge in [0.2, 0.25) is 0 Å². The first-order valence-corrected chi connectivity index (χ1v) is 8.65. The summed E-state index contributed by atoms with van der Waals surface area (Å²) in [7, 11) is 0. The first-order chi connectivity index (χ1) is 11.8. The Morgan fingerprint density at radius 3 is 2.62 bits per heavy atom. The SMILES string of the molecule is O=c1cc(NC2CCCCC2)n(-c2ccccc2)c2cnccc12. The minimum absolute atomic E-state index is 0.0397. The zero-order valence-corrected chi connectivity index (χ0v) is 13.6. The summed E-state index contributed by atoms with van der Waals surface area (Å²) < 4.78 is 2.11. The molecule has 1 N–H and O–H groups in total. The maximum Gasteiger partial charge on any atom is 0.191 e. The minimum Gasteiger partial charge on any atom is -0.368 e. The summed E-state index contributed by atoms with van der Waals surface area (Å²) in [5, 5.41) is 4.31. The lowest BCUT2D eigenvalue weighted by atomic mass is 9.95. The third-order valence-electron chi connectivity index (χ3n) is 4.79. The molecule has 122 valence electrons. The molecule has 0 atom stereocenters. The molecule has 0 radical (unpaired) electrons. The van der Waals surface area contributed by atoms with Crippen molar-refractivity contribution in [1.29, 1.82) is 0 Å². The van der Waals surface area contributed by atoms with Crippen molar-refractivity contribution in [2.24, 2.45) is 0 Å². The molecule has 3 aromatic rings. The van der Waals surface area contributed by atoms with E-state index >= 15 is 0 Å². The predicted molar refractivity (Wildman–Crippen MR) is 97.8 cm³/mol. The normalized spacial score (nSPS) is 15.5. The number of fused-ring (bicyclic) bond motifs is 1. The molecule has 0 unspecified atom stereocenters. The van der Waals surface area contributed by atoms with E-state index in [4.69, 9.17) is 0 Å². The molecule has 1 aromatic carbocycles. The van der Waals surface area contributed by atoms with Crippen LogP contribution in [0.1, 0.15) is 32.1 Å². The number of para-hydroxylation sites is 1. The molecule has 0 bridgehead atoms. The fraction of sp³-hybridized carbons (Fsp3) is 0.300. The molecule has 4 rings (SSSR count). The van der Waals surface area contributed by atoms with Crippen molar-refractivity contribution in [1.82, 2.24) is 9.55 Å². The molecular weight excluding hydrogens is 298 g/mol. The summed E-state index contributed by atoms with van der Waals surface area (Å²) in [6.07, 6.45) is 9.58. The highest BCUT2D eigenvalue weighted by Crippen LogP contribution is 2.25. The van der Waals surface area contributed by atoms with Gasteiger partial charge in [0.1, 0.15) is 5.82 Å². The minimum atomic E-state index is 0.0397. The summed E-state index contributed by atoms with van der Waals surface area (Å²) in [6.45, 7) is 0. The van der Waals surface area contributed by atoms with E-state index in [2.05, 4.69) is 27.0 Å². The second-order valence-electron chi connectivity index (χ2n) is 6.44. The van der Waals surface area contributed by atoms with E-state index in [9.17, 15) is 4.79 Å². The van der Waals surface area contributed by atoms with Crippen molar-refractivity contribution < 1.29 is 0 Å². The third-order valence-corrected chi connectivity index (χ3v) is 4.79. The van der Waals surface area contributed by atoms with E-state index in [-0.39, 0.29) is 5.43 Å². The molecule has 1 aliphatic carbocycles. The molecule has 0 amide bonds. The highest BCUT2D eigenvalue weighted by Gasteiger charge is 2.17. The van der Waals surface area contributed by atoms with Gasteiger partial charge < -0.3 is 5.32 Å². The molecule has 0 spiro atoms. The maximum atomic E-state index is 12.5. The van der Waals surface area contributed by atoms with Crippen LogP contribution in [0.25, 0.3) is 16.6 Å². The van der Waals surface area contributed by atoms with E-state index in [1.54, 1.807) is 24.5 Å². The monoisotopic (exact) mass is 319 g/mol. The van der Waals surface area contributed by atoms with Crippen LogP contribution in [0.4, 0.5) is 5.82 Å². The number of pyridine rings is 2. The van der Waals surface area contributed by atoms with Crippen LogP contribution in [0.5, 0.6) is 0 Å². The lowest BCUT2D eigenvalue weighted by Gasteiger charge is -2.26. The van der Waals surface area contributed by atoms with Gasteiger partial charge in [-0.3, -0.25) is 14.3 Å². The molecule has 4 heteroatoms. The molecule has 24 heavy (non-hydrogen) atoms. The Bertz CT molecular complexity index is 896. The van der Waals surface area contributed by atoms with E-state index in [1.165, 1.54) is 19.3 Å². The van der Waals surface area contributed by atoms with Gasteiger partial charge in [-0.25, -0.2) is 0 Å². The topological polar surface area (TPSA) is 46.9 Å². The molecule has 4 nitrogen and oxygen atoms in total. The fourth-order valence-corrected chi connectivity index (χ4v) is 3.59. The maximum absolute atomic E-state index is 12.5. The van der Waals surface area contributed by atoms with Crippen molar-refractivity contribution in [3.63, 3.8) is 0 Å². The number of hydrogen-bond acceptors (Lipinski definition) is 3. The summed E-state index contributed by atoms with van der Waals surface area (Å²) in [4.78, 5) is 16.8.